The van der Waals surface area contributed by atoms with Gasteiger partial charge in [-0.25, -0.2) is 0 Å². The second kappa shape index (κ2) is 7.41. The summed E-state index contributed by atoms with van der Waals surface area (Å²) in [6.45, 7) is 6.08. The SMILES string of the molecule is CCC(CC)C(CN)N(C)Cc1ccccn1. The molecule has 1 atom stereocenters. The molecule has 0 aliphatic rings. The lowest BCUT2D eigenvalue weighted by Gasteiger charge is -2.32. The van der Waals surface area contributed by atoms with Crippen LogP contribution in [0, 0.1) is 5.92 Å². The molecule has 3 nitrogen and oxygen atoms in total. The van der Waals surface area contributed by atoms with Gasteiger partial charge in [0.25, 0.3) is 0 Å². The molecule has 1 heterocycles. The predicted octanol–water partition coefficient (Wildman–Crippen LogP) is 2.28. The first-order valence-corrected chi connectivity index (χ1v) is 6.53. The summed E-state index contributed by atoms with van der Waals surface area (Å²) in [5.74, 6) is 0.675. The summed E-state index contributed by atoms with van der Waals surface area (Å²) >= 11 is 0. The Morgan fingerprint density at radius 1 is 1.29 bits per heavy atom. The van der Waals surface area contributed by atoms with Crippen LogP contribution in [0.3, 0.4) is 0 Å². The summed E-state index contributed by atoms with van der Waals surface area (Å²) in [5.41, 5.74) is 7.03. The molecule has 0 radical (unpaired) electrons. The van der Waals surface area contributed by atoms with Gasteiger partial charge < -0.3 is 5.73 Å². The Kier molecular flexibility index (Phi) is 6.16. The average Bonchev–Trinajstić information content (AvgIpc) is 2.36. The average molecular weight is 235 g/mol. The lowest BCUT2D eigenvalue weighted by atomic mass is 9.93. The van der Waals surface area contributed by atoms with E-state index in [0.717, 1.165) is 18.8 Å². The molecule has 0 bridgehead atoms. The highest BCUT2D eigenvalue weighted by molar-refractivity contribution is 5.03. The van der Waals surface area contributed by atoms with E-state index in [1.807, 2.05) is 18.3 Å². The molecule has 0 amide bonds. The smallest absolute Gasteiger partial charge is 0.0543 e. The standard InChI is InChI=1S/C14H25N3/c1-4-12(5-2)14(10-15)17(3)11-13-8-6-7-9-16-13/h6-9,12,14H,4-5,10-11,15H2,1-3H3. The van der Waals surface area contributed by atoms with Gasteiger partial charge >= 0.3 is 0 Å². The number of aromatic nitrogens is 1. The molecule has 0 saturated heterocycles. The topological polar surface area (TPSA) is 42.1 Å². The van der Waals surface area contributed by atoms with E-state index in [9.17, 15) is 0 Å². The fourth-order valence-electron chi connectivity index (χ4n) is 2.43. The van der Waals surface area contributed by atoms with E-state index in [-0.39, 0.29) is 0 Å². The summed E-state index contributed by atoms with van der Waals surface area (Å²) in [6.07, 6.45) is 4.22. The number of nitrogens with two attached hydrogens (primary N) is 1. The highest BCUT2D eigenvalue weighted by Crippen LogP contribution is 2.18. The van der Waals surface area contributed by atoms with Gasteiger partial charge in [0.2, 0.25) is 0 Å². The van der Waals surface area contributed by atoms with Crippen molar-refractivity contribution in [3.63, 3.8) is 0 Å². The van der Waals surface area contributed by atoms with Gasteiger partial charge in [0, 0.05) is 25.3 Å². The molecule has 0 fully saturated rings. The number of pyridine rings is 1. The third-order valence-corrected chi connectivity index (χ3v) is 3.54. The van der Waals surface area contributed by atoms with E-state index < -0.39 is 0 Å². The van der Waals surface area contributed by atoms with Crippen molar-refractivity contribution in [1.82, 2.24) is 9.88 Å². The highest BCUT2D eigenvalue weighted by Gasteiger charge is 2.21. The van der Waals surface area contributed by atoms with Crippen molar-refractivity contribution >= 4 is 0 Å². The van der Waals surface area contributed by atoms with Crippen LogP contribution in [0.1, 0.15) is 32.4 Å². The van der Waals surface area contributed by atoms with Crippen molar-refractivity contribution in [2.24, 2.45) is 11.7 Å². The summed E-state index contributed by atoms with van der Waals surface area (Å²) in [7, 11) is 2.14. The minimum Gasteiger partial charge on any atom is -0.329 e. The van der Waals surface area contributed by atoms with Gasteiger partial charge in [-0.05, 0) is 25.1 Å². The number of nitrogens with zero attached hydrogens (tertiary/aromatic N) is 2. The van der Waals surface area contributed by atoms with Gasteiger partial charge in [0.05, 0.1) is 5.69 Å². The zero-order valence-corrected chi connectivity index (χ0v) is 11.3. The molecule has 2 N–H and O–H groups in total. The molecule has 96 valence electrons. The van der Waals surface area contributed by atoms with Crippen LogP contribution in [0.15, 0.2) is 24.4 Å². The van der Waals surface area contributed by atoms with Crippen molar-refractivity contribution in [3.05, 3.63) is 30.1 Å². The fraction of sp³-hybridized carbons (Fsp3) is 0.643. The first-order valence-electron chi connectivity index (χ1n) is 6.53. The van der Waals surface area contributed by atoms with E-state index in [1.165, 1.54) is 12.8 Å². The van der Waals surface area contributed by atoms with Crippen molar-refractivity contribution < 1.29 is 0 Å². The first-order chi connectivity index (χ1) is 8.22. The Morgan fingerprint density at radius 2 is 2.00 bits per heavy atom. The largest absolute Gasteiger partial charge is 0.329 e. The molecule has 1 aromatic heterocycles. The van der Waals surface area contributed by atoms with Gasteiger partial charge in [-0.15, -0.1) is 0 Å². The molecule has 3 heteroatoms. The van der Waals surface area contributed by atoms with Crippen LogP contribution in [0.25, 0.3) is 0 Å². The van der Waals surface area contributed by atoms with Crippen LogP contribution in [-0.2, 0) is 6.54 Å². The van der Waals surface area contributed by atoms with E-state index in [1.54, 1.807) is 0 Å². The van der Waals surface area contributed by atoms with Crippen LogP contribution in [0.5, 0.6) is 0 Å². The predicted molar refractivity (Wildman–Crippen MR) is 72.6 cm³/mol. The quantitative estimate of drug-likeness (QED) is 0.788. The fourth-order valence-corrected chi connectivity index (χ4v) is 2.43. The second-order valence-electron chi connectivity index (χ2n) is 4.62. The maximum absolute atomic E-state index is 5.92. The van der Waals surface area contributed by atoms with E-state index in [0.29, 0.717) is 12.0 Å². The van der Waals surface area contributed by atoms with Gasteiger partial charge in [-0.2, -0.15) is 0 Å². The second-order valence-corrected chi connectivity index (χ2v) is 4.62. The van der Waals surface area contributed by atoms with Crippen LogP contribution in [0.4, 0.5) is 0 Å². The van der Waals surface area contributed by atoms with Crippen LogP contribution < -0.4 is 5.73 Å². The number of hydrogen-bond donors (Lipinski definition) is 1. The molecule has 0 saturated carbocycles. The van der Waals surface area contributed by atoms with Crippen LogP contribution >= 0.6 is 0 Å². The molecule has 0 spiro atoms. The van der Waals surface area contributed by atoms with Crippen molar-refractivity contribution in [2.45, 2.75) is 39.3 Å². The minimum absolute atomic E-state index is 0.451. The Balaban J connectivity index is 2.63. The molecule has 1 aromatic rings. The monoisotopic (exact) mass is 235 g/mol. The van der Waals surface area contributed by atoms with E-state index in [2.05, 4.69) is 36.8 Å². The van der Waals surface area contributed by atoms with Gasteiger partial charge in [0.1, 0.15) is 0 Å². The summed E-state index contributed by atoms with van der Waals surface area (Å²) in [5, 5.41) is 0. The van der Waals surface area contributed by atoms with Gasteiger partial charge in [0.15, 0.2) is 0 Å². The Hall–Kier alpha value is -0.930. The molecule has 0 aliphatic heterocycles. The normalized spacial score (nSPS) is 13.3. The summed E-state index contributed by atoms with van der Waals surface area (Å²) in [6, 6.07) is 6.50. The summed E-state index contributed by atoms with van der Waals surface area (Å²) in [4.78, 5) is 6.70. The molecule has 1 rings (SSSR count). The molecular weight excluding hydrogens is 210 g/mol. The number of hydrogen-bond acceptors (Lipinski definition) is 3. The van der Waals surface area contributed by atoms with E-state index >= 15 is 0 Å². The van der Waals surface area contributed by atoms with E-state index in [4.69, 9.17) is 5.73 Å². The molecular formula is C14H25N3. The third kappa shape index (κ3) is 4.10. The zero-order valence-electron chi connectivity index (χ0n) is 11.3. The van der Waals surface area contributed by atoms with Gasteiger partial charge in [-0.3, -0.25) is 9.88 Å². The molecule has 17 heavy (non-hydrogen) atoms. The lowest BCUT2D eigenvalue weighted by Crippen LogP contribution is -2.42. The third-order valence-electron chi connectivity index (χ3n) is 3.54. The Morgan fingerprint density at radius 3 is 2.47 bits per heavy atom. The highest BCUT2D eigenvalue weighted by atomic mass is 15.1. The van der Waals surface area contributed by atoms with Gasteiger partial charge in [-0.1, -0.05) is 32.8 Å². The lowest BCUT2D eigenvalue weighted by molar-refractivity contribution is 0.163. The maximum atomic E-state index is 5.92. The Labute approximate surface area is 105 Å². The van der Waals surface area contributed by atoms with Crippen molar-refractivity contribution in [2.75, 3.05) is 13.6 Å². The van der Waals surface area contributed by atoms with Crippen LogP contribution in [-0.4, -0.2) is 29.5 Å². The minimum atomic E-state index is 0.451. The van der Waals surface area contributed by atoms with Crippen LogP contribution in [0.2, 0.25) is 0 Å². The molecule has 0 aromatic carbocycles. The zero-order chi connectivity index (χ0) is 12.7. The number of likely N-dealkylation sites (N-methyl/N-ethyl adjacent to an activating group) is 1. The number of rotatable bonds is 7. The molecule has 0 aliphatic carbocycles. The first kappa shape index (κ1) is 14.1. The molecule has 1 unspecified atom stereocenters. The maximum Gasteiger partial charge on any atom is 0.0543 e. The van der Waals surface area contributed by atoms with Crippen molar-refractivity contribution in [1.29, 1.82) is 0 Å². The van der Waals surface area contributed by atoms with Crippen molar-refractivity contribution in [3.8, 4) is 0 Å². The Bertz CT molecular complexity index is 296. The summed E-state index contributed by atoms with van der Waals surface area (Å²) < 4.78 is 0.